The fourth-order valence-corrected chi connectivity index (χ4v) is 1.83. The molecule has 0 spiro atoms. The Kier molecular flexibility index (Phi) is 4.15. The van der Waals surface area contributed by atoms with Gasteiger partial charge in [0, 0.05) is 23.1 Å². The van der Waals surface area contributed by atoms with Gasteiger partial charge in [0.1, 0.15) is 11.6 Å². The maximum absolute atomic E-state index is 5.80. The van der Waals surface area contributed by atoms with Crippen molar-refractivity contribution in [3.05, 3.63) is 60.4 Å². The van der Waals surface area contributed by atoms with Crippen LogP contribution in [0.3, 0.4) is 0 Å². The third kappa shape index (κ3) is 3.45. The van der Waals surface area contributed by atoms with Gasteiger partial charge in [-0.15, -0.1) is 0 Å². The molecule has 0 aliphatic heterocycles. The van der Waals surface area contributed by atoms with E-state index in [4.69, 9.17) is 10.5 Å². The Balaban J connectivity index is 2.03. The van der Waals surface area contributed by atoms with Crippen molar-refractivity contribution in [1.29, 1.82) is 0 Å². The molecule has 0 unspecified atom stereocenters. The van der Waals surface area contributed by atoms with E-state index in [1.807, 2.05) is 49.4 Å². The van der Waals surface area contributed by atoms with Gasteiger partial charge in [0.2, 0.25) is 0 Å². The lowest BCUT2D eigenvalue weighted by Crippen LogP contribution is -2.08. The first kappa shape index (κ1) is 13.8. The van der Waals surface area contributed by atoms with Gasteiger partial charge in [0.05, 0.1) is 7.11 Å². The van der Waals surface area contributed by atoms with Crippen molar-refractivity contribution < 1.29 is 4.74 Å². The predicted octanol–water partition coefficient (Wildman–Crippen LogP) is 3.58. The molecule has 4 nitrogen and oxygen atoms in total. The van der Waals surface area contributed by atoms with Crippen LogP contribution in [0.25, 0.3) is 0 Å². The van der Waals surface area contributed by atoms with Crippen molar-refractivity contribution >= 4 is 17.1 Å². The van der Waals surface area contributed by atoms with Crippen LogP contribution >= 0.6 is 0 Å². The summed E-state index contributed by atoms with van der Waals surface area (Å²) in [6.07, 6.45) is 0. The summed E-state index contributed by atoms with van der Waals surface area (Å²) in [5, 5.41) is 6.38. The molecule has 0 atom stereocenters. The Morgan fingerprint density at radius 1 is 1.10 bits per heavy atom. The number of hydrogen-bond donors (Lipinski definition) is 3. The molecule has 2 rings (SSSR count). The van der Waals surface area contributed by atoms with Crippen LogP contribution < -0.4 is 21.1 Å². The van der Waals surface area contributed by atoms with Crippen molar-refractivity contribution in [2.75, 3.05) is 23.5 Å². The molecule has 0 saturated heterocycles. The molecule has 4 heteroatoms. The standard InChI is InChI=1S/C16H19N3O/c1-11-9-14(7-8-16(11)17)19-12(2)18-13-5-4-6-15(10-13)20-3/h4-10,18-19H,2,17H2,1,3H3. The highest BCUT2D eigenvalue weighted by atomic mass is 16.5. The van der Waals surface area contributed by atoms with E-state index in [1.165, 1.54) is 0 Å². The van der Waals surface area contributed by atoms with E-state index in [0.29, 0.717) is 5.82 Å². The highest BCUT2D eigenvalue weighted by Gasteiger charge is 2.00. The van der Waals surface area contributed by atoms with Crippen molar-refractivity contribution in [3.8, 4) is 5.75 Å². The van der Waals surface area contributed by atoms with Gasteiger partial charge in [-0.05, 0) is 42.8 Å². The van der Waals surface area contributed by atoms with Crippen LogP contribution in [0.1, 0.15) is 5.56 Å². The van der Waals surface area contributed by atoms with Gasteiger partial charge in [0.15, 0.2) is 0 Å². The van der Waals surface area contributed by atoms with Gasteiger partial charge < -0.3 is 21.1 Å². The lowest BCUT2D eigenvalue weighted by atomic mass is 10.2. The van der Waals surface area contributed by atoms with E-state index in [1.54, 1.807) is 7.11 Å². The molecular weight excluding hydrogens is 250 g/mol. The zero-order chi connectivity index (χ0) is 14.5. The van der Waals surface area contributed by atoms with E-state index in [9.17, 15) is 0 Å². The van der Waals surface area contributed by atoms with Gasteiger partial charge in [-0.3, -0.25) is 0 Å². The summed E-state index contributed by atoms with van der Waals surface area (Å²) in [6.45, 7) is 5.93. The molecule has 104 valence electrons. The molecule has 0 radical (unpaired) electrons. The number of rotatable bonds is 5. The number of nitrogen functional groups attached to an aromatic ring is 1. The van der Waals surface area contributed by atoms with Crippen LogP contribution in [-0.2, 0) is 0 Å². The normalized spacial score (nSPS) is 9.90. The third-order valence-corrected chi connectivity index (χ3v) is 2.93. The Labute approximate surface area is 119 Å². The summed E-state index contributed by atoms with van der Waals surface area (Å²) in [7, 11) is 1.64. The number of aryl methyl sites for hydroxylation is 1. The summed E-state index contributed by atoms with van der Waals surface area (Å²) < 4.78 is 5.18. The first-order valence-electron chi connectivity index (χ1n) is 6.31. The number of benzene rings is 2. The first-order valence-corrected chi connectivity index (χ1v) is 6.31. The van der Waals surface area contributed by atoms with Crippen LogP contribution in [0.15, 0.2) is 54.9 Å². The molecule has 0 aliphatic carbocycles. The van der Waals surface area contributed by atoms with Crippen molar-refractivity contribution in [1.82, 2.24) is 0 Å². The van der Waals surface area contributed by atoms with E-state index >= 15 is 0 Å². The van der Waals surface area contributed by atoms with Gasteiger partial charge >= 0.3 is 0 Å². The van der Waals surface area contributed by atoms with E-state index < -0.39 is 0 Å². The summed E-state index contributed by atoms with van der Waals surface area (Å²) in [6, 6.07) is 13.4. The summed E-state index contributed by atoms with van der Waals surface area (Å²) in [4.78, 5) is 0. The lowest BCUT2D eigenvalue weighted by Gasteiger charge is -2.14. The van der Waals surface area contributed by atoms with Gasteiger partial charge in [-0.25, -0.2) is 0 Å². The Hall–Kier alpha value is -2.62. The van der Waals surface area contributed by atoms with Crippen LogP contribution in [-0.4, -0.2) is 7.11 Å². The molecule has 0 heterocycles. The lowest BCUT2D eigenvalue weighted by molar-refractivity contribution is 0.415. The molecule has 2 aromatic carbocycles. The Bertz CT molecular complexity index is 623. The average Bonchev–Trinajstić information content (AvgIpc) is 2.43. The number of nitrogens with one attached hydrogen (secondary N) is 2. The van der Waals surface area contributed by atoms with Crippen molar-refractivity contribution in [2.45, 2.75) is 6.92 Å². The molecule has 20 heavy (non-hydrogen) atoms. The SMILES string of the molecule is C=C(Nc1cccc(OC)c1)Nc1ccc(N)c(C)c1. The second-order valence-electron chi connectivity index (χ2n) is 4.53. The highest BCUT2D eigenvalue weighted by molar-refractivity contribution is 5.61. The van der Waals surface area contributed by atoms with Crippen molar-refractivity contribution in [2.24, 2.45) is 0 Å². The molecule has 2 aromatic rings. The number of methoxy groups -OCH3 is 1. The van der Waals surface area contributed by atoms with Gasteiger partial charge in [0.25, 0.3) is 0 Å². The minimum atomic E-state index is 0.683. The van der Waals surface area contributed by atoms with Crippen LogP contribution in [0.2, 0.25) is 0 Å². The maximum Gasteiger partial charge on any atom is 0.120 e. The van der Waals surface area contributed by atoms with E-state index in [0.717, 1.165) is 28.4 Å². The molecule has 0 fully saturated rings. The van der Waals surface area contributed by atoms with E-state index in [2.05, 4.69) is 17.2 Å². The molecule has 0 saturated carbocycles. The van der Waals surface area contributed by atoms with Crippen LogP contribution in [0, 0.1) is 6.92 Å². The third-order valence-electron chi connectivity index (χ3n) is 2.93. The molecular formula is C16H19N3O. The number of anilines is 3. The second kappa shape index (κ2) is 6.02. The molecule has 0 bridgehead atoms. The first-order chi connectivity index (χ1) is 9.58. The maximum atomic E-state index is 5.80. The monoisotopic (exact) mass is 269 g/mol. The number of ether oxygens (including phenoxy) is 1. The largest absolute Gasteiger partial charge is 0.497 e. The van der Waals surface area contributed by atoms with Gasteiger partial charge in [-0.1, -0.05) is 12.6 Å². The zero-order valence-corrected chi connectivity index (χ0v) is 11.7. The van der Waals surface area contributed by atoms with Crippen LogP contribution in [0.4, 0.5) is 17.1 Å². The zero-order valence-electron chi connectivity index (χ0n) is 11.7. The molecule has 0 amide bonds. The molecule has 0 aromatic heterocycles. The molecule has 0 aliphatic rings. The second-order valence-corrected chi connectivity index (χ2v) is 4.53. The number of nitrogens with two attached hydrogens (primary N) is 1. The topological polar surface area (TPSA) is 59.3 Å². The summed E-state index contributed by atoms with van der Waals surface area (Å²) in [5.41, 5.74) is 9.46. The Morgan fingerprint density at radius 2 is 1.80 bits per heavy atom. The fourth-order valence-electron chi connectivity index (χ4n) is 1.83. The minimum Gasteiger partial charge on any atom is -0.497 e. The number of hydrogen-bond acceptors (Lipinski definition) is 4. The smallest absolute Gasteiger partial charge is 0.120 e. The quantitative estimate of drug-likeness (QED) is 0.726. The summed E-state index contributed by atoms with van der Waals surface area (Å²) >= 11 is 0. The van der Waals surface area contributed by atoms with Gasteiger partial charge in [-0.2, -0.15) is 0 Å². The van der Waals surface area contributed by atoms with Crippen LogP contribution in [0.5, 0.6) is 5.75 Å². The predicted molar refractivity (Wildman–Crippen MR) is 85.0 cm³/mol. The van der Waals surface area contributed by atoms with Crippen molar-refractivity contribution in [3.63, 3.8) is 0 Å². The minimum absolute atomic E-state index is 0.683. The fraction of sp³-hybridized carbons (Fsp3) is 0.125. The van der Waals surface area contributed by atoms with E-state index in [-0.39, 0.29) is 0 Å². The summed E-state index contributed by atoms with van der Waals surface area (Å²) in [5.74, 6) is 1.48. The average molecular weight is 269 g/mol. The molecule has 4 N–H and O–H groups in total. The highest BCUT2D eigenvalue weighted by Crippen LogP contribution is 2.20. The Morgan fingerprint density at radius 3 is 2.45 bits per heavy atom.